The van der Waals surface area contributed by atoms with Gasteiger partial charge in [-0.2, -0.15) is 0 Å². The number of piperidine rings is 1. The molecule has 0 atom stereocenters. The third kappa shape index (κ3) is 4.91. The molecule has 28 heavy (non-hydrogen) atoms. The largest absolute Gasteiger partial charge is 0.349 e. The molecule has 6 nitrogen and oxygen atoms in total. The van der Waals surface area contributed by atoms with E-state index in [0.717, 1.165) is 37.1 Å². The molecular formula is C21H27N3O3S. The van der Waals surface area contributed by atoms with Crippen molar-refractivity contribution in [3.8, 4) is 0 Å². The minimum Gasteiger partial charge on any atom is -0.349 e. The number of carbonyl (C=O) groups is 1. The topological polar surface area (TPSA) is 78.5 Å². The van der Waals surface area contributed by atoms with E-state index >= 15 is 0 Å². The minimum absolute atomic E-state index is 0.126. The molecule has 0 saturated carbocycles. The maximum Gasteiger partial charge on any atom is 0.261 e. The van der Waals surface area contributed by atoms with Crippen molar-refractivity contribution in [2.24, 2.45) is 0 Å². The van der Waals surface area contributed by atoms with Gasteiger partial charge in [0.25, 0.3) is 15.9 Å². The van der Waals surface area contributed by atoms with Crippen molar-refractivity contribution in [3.63, 3.8) is 0 Å². The van der Waals surface area contributed by atoms with Gasteiger partial charge in [-0.15, -0.1) is 0 Å². The van der Waals surface area contributed by atoms with Crippen LogP contribution in [0, 0.1) is 13.8 Å². The molecule has 3 rings (SSSR count). The number of likely N-dealkylation sites (tertiary alicyclic amines) is 1. The molecule has 2 aromatic carbocycles. The Kier molecular flexibility index (Phi) is 6.05. The highest BCUT2D eigenvalue weighted by atomic mass is 32.2. The Hall–Kier alpha value is -2.38. The lowest BCUT2D eigenvalue weighted by atomic mass is 10.0. The third-order valence-corrected chi connectivity index (χ3v) is 6.64. The molecule has 1 saturated heterocycles. The fraction of sp³-hybridized carbons (Fsp3) is 0.381. The van der Waals surface area contributed by atoms with E-state index in [-0.39, 0.29) is 16.8 Å². The second-order valence-corrected chi connectivity index (χ2v) is 9.16. The standard InChI is InChI=1S/C21H27N3O3S/c1-15-4-7-19(14-16(15)2)23-28(26,27)20-8-5-17(6-9-20)21(25)22-18-10-12-24(3)13-11-18/h4-9,14,18,23H,10-13H2,1-3H3,(H,22,25). The fourth-order valence-corrected chi connectivity index (χ4v) is 4.28. The van der Waals surface area contributed by atoms with E-state index in [4.69, 9.17) is 0 Å². The zero-order valence-electron chi connectivity index (χ0n) is 16.5. The summed E-state index contributed by atoms with van der Waals surface area (Å²) in [7, 11) is -1.63. The molecule has 0 unspecified atom stereocenters. The molecule has 1 aliphatic rings. The second kappa shape index (κ2) is 8.32. The van der Waals surface area contributed by atoms with Crippen molar-refractivity contribution in [1.82, 2.24) is 10.2 Å². The molecule has 2 aromatic rings. The molecule has 7 heteroatoms. The summed E-state index contributed by atoms with van der Waals surface area (Å²) in [6.45, 7) is 5.84. The first kappa shape index (κ1) is 20.4. The highest BCUT2D eigenvalue weighted by molar-refractivity contribution is 7.92. The van der Waals surface area contributed by atoms with Gasteiger partial charge in [-0.1, -0.05) is 6.07 Å². The fourth-order valence-electron chi connectivity index (χ4n) is 3.23. The van der Waals surface area contributed by atoms with E-state index in [9.17, 15) is 13.2 Å². The average Bonchev–Trinajstić information content (AvgIpc) is 2.66. The van der Waals surface area contributed by atoms with Gasteiger partial charge in [0.05, 0.1) is 4.90 Å². The van der Waals surface area contributed by atoms with Crippen LogP contribution in [0.1, 0.15) is 34.3 Å². The number of hydrogen-bond acceptors (Lipinski definition) is 4. The molecule has 0 bridgehead atoms. The van der Waals surface area contributed by atoms with Crippen molar-refractivity contribution < 1.29 is 13.2 Å². The predicted molar refractivity (Wildman–Crippen MR) is 111 cm³/mol. The summed E-state index contributed by atoms with van der Waals surface area (Å²) >= 11 is 0. The second-order valence-electron chi connectivity index (χ2n) is 7.48. The molecule has 1 aliphatic heterocycles. The Labute approximate surface area is 167 Å². The van der Waals surface area contributed by atoms with E-state index in [0.29, 0.717) is 11.3 Å². The van der Waals surface area contributed by atoms with Gasteiger partial charge in [-0.3, -0.25) is 9.52 Å². The van der Waals surface area contributed by atoms with Gasteiger partial charge in [-0.05, 0) is 94.4 Å². The Balaban J connectivity index is 1.67. The zero-order valence-corrected chi connectivity index (χ0v) is 17.3. The van der Waals surface area contributed by atoms with Gasteiger partial charge in [0.1, 0.15) is 0 Å². The van der Waals surface area contributed by atoms with Gasteiger partial charge in [-0.25, -0.2) is 8.42 Å². The SMILES string of the molecule is Cc1ccc(NS(=O)(=O)c2ccc(C(=O)NC3CCN(C)CC3)cc2)cc1C. The maximum atomic E-state index is 12.6. The lowest BCUT2D eigenvalue weighted by Gasteiger charge is -2.29. The Bertz CT molecular complexity index is 947. The average molecular weight is 402 g/mol. The molecule has 150 valence electrons. The number of aryl methyl sites for hydroxylation is 2. The van der Waals surface area contributed by atoms with E-state index < -0.39 is 10.0 Å². The van der Waals surface area contributed by atoms with Crippen molar-refractivity contribution in [2.75, 3.05) is 24.9 Å². The van der Waals surface area contributed by atoms with E-state index in [1.54, 1.807) is 24.3 Å². The van der Waals surface area contributed by atoms with Gasteiger partial charge < -0.3 is 10.2 Å². The molecule has 1 heterocycles. The van der Waals surface area contributed by atoms with Crippen molar-refractivity contribution in [3.05, 3.63) is 59.2 Å². The first-order valence-corrected chi connectivity index (χ1v) is 10.9. The molecule has 2 N–H and O–H groups in total. The smallest absolute Gasteiger partial charge is 0.261 e. The summed E-state index contributed by atoms with van der Waals surface area (Å²) in [6.07, 6.45) is 1.85. The van der Waals surface area contributed by atoms with E-state index in [1.807, 2.05) is 19.9 Å². The van der Waals surface area contributed by atoms with Crippen LogP contribution in [0.2, 0.25) is 0 Å². The normalized spacial score (nSPS) is 16.0. The molecule has 0 radical (unpaired) electrons. The van der Waals surface area contributed by atoms with Gasteiger partial charge in [0, 0.05) is 17.3 Å². The molecule has 0 aromatic heterocycles. The van der Waals surface area contributed by atoms with Crippen LogP contribution in [0.4, 0.5) is 5.69 Å². The Morgan fingerprint density at radius 3 is 2.25 bits per heavy atom. The summed E-state index contributed by atoms with van der Waals surface area (Å²) in [5, 5.41) is 3.03. The number of benzene rings is 2. The number of hydrogen-bond donors (Lipinski definition) is 2. The monoisotopic (exact) mass is 401 g/mol. The van der Waals surface area contributed by atoms with Crippen LogP contribution in [-0.2, 0) is 10.0 Å². The van der Waals surface area contributed by atoms with Crippen LogP contribution >= 0.6 is 0 Å². The van der Waals surface area contributed by atoms with Crippen LogP contribution in [-0.4, -0.2) is 45.4 Å². The lowest BCUT2D eigenvalue weighted by Crippen LogP contribution is -2.43. The number of carbonyl (C=O) groups excluding carboxylic acids is 1. The van der Waals surface area contributed by atoms with Gasteiger partial charge >= 0.3 is 0 Å². The summed E-state index contributed by atoms with van der Waals surface area (Å²) in [6, 6.07) is 11.6. The number of rotatable bonds is 5. The van der Waals surface area contributed by atoms with Crippen LogP contribution < -0.4 is 10.0 Å². The molecular weight excluding hydrogens is 374 g/mol. The molecule has 1 fully saturated rings. The molecule has 1 amide bonds. The minimum atomic E-state index is -3.71. The highest BCUT2D eigenvalue weighted by Crippen LogP contribution is 2.19. The summed E-state index contributed by atoms with van der Waals surface area (Å²) in [5.74, 6) is -0.166. The van der Waals surface area contributed by atoms with Crippen LogP contribution in [0.5, 0.6) is 0 Å². The molecule has 0 spiro atoms. The molecule has 0 aliphatic carbocycles. The van der Waals surface area contributed by atoms with Gasteiger partial charge in [0.2, 0.25) is 0 Å². The van der Waals surface area contributed by atoms with Crippen molar-refractivity contribution in [1.29, 1.82) is 0 Å². The number of nitrogens with zero attached hydrogens (tertiary/aromatic N) is 1. The predicted octanol–water partition coefficient (Wildman–Crippen LogP) is 2.93. The van der Waals surface area contributed by atoms with Crippen LogP contribution in [0.25, 0.3) is 0 Å². The third-order valence-electron chi connectivity index (χ3n) is 5.24. The highest BCUT2D eigenvalue weighted by Gasteiger charge is 2.20. The maximum absolute atomic E-state index is 12.6. The summed E-state index contributed by atoms with van der Waals surface area (Å²) in [5.41, 5.74) is 3.10. The zero-order chi connectivity index (χ0) is 20.3. The first-order chi connectivity index (χ1) is 13.2. The Morgan fingerprint density at radius 2 is 1.64 bits per heavy atom. The van der Waals surface area contributed by atoms with Gasteiger partial charge in [0.15, 0.2) is 0 Å². The Morgan fingerprint density at radius 1 is 1.00 bits per heavy atom. The van der Waals surface area contributed by atoms with Crippen molar-refractivity contribution >= 4 is 21.6 Å². The number of anilines is 1. The quantitative estimate of drug-likeness (QED) is 0.807. The summed E-state index contributed by atoms with van der Waals surface area (Å²) < 4.78 is 27.8. The number of amides is 1. The van der Waals surface area contributed by atoms with Crippen LogP contribution in [0.3, 0.4) is 0 Å². The number of sulfonamides is 1. The lowest BCUT2D eigenvalue weighted by molar-refractivity contribution is 0.0916. The number of nitrogens with one attached hydrogen (secondary N) is 2. The summed E-state index contributed by atoms with van der Waals surface area (Å²) in [4.78, 5) is 14.8. The van der Waals surface area contributed by atoms with Crippen molar-refractivity contribution in [2.45, 2.75) is 37.6 Å². The first-order valence-electron chi connectivity index (χ1n) is 9.44. The van der Waals surface area contributed by atoms with E-state index in [2.05, 4.69) is 22.0 Å². The van der Waals surface area contributed by atoms with Crippen LogP contribution in [0.15, 0.2) is 47.4 Å². The van der Waals surface area contributed by atoms with E-state index in [1.165, 1.54) is 12.1 Å².